The summed E-state index contributed by atoms with van der Waals surface area (Å²) in [5.41, 5.74) is 16.6. The average molecular weight is 531 g/mol. The Bertz CT molecular complexity index is 729. The third-order valence-electron chi connectivity index (χ3n) is 4.56. The lowest BCUT2D eigenvalue weighted by Crippen LogP contribution is -2.47. The molecule has 210 valence electrons. The Kier molecular flexibility index (Phi) is 23.8. The summed E-state index contributed by atoms with van der Waals surface area (Å²) in [4.78, 5) is 40.3. The van der Waals surface area contributed by atoms with E-state index in [2.05, 4.69) is 30.7 Å². The summed E-state index contributed by atoms with van der Waals surface area (Å²) >= 11 is 0. The predicted octanol–water partition coefficient (Wildman–Crippen LogP) is 1.70. The van der Waals surface area contributed by atoms with Gasteiger partial charge in [0, 0.05) is 35.9 Å². The van der Waals surface area contributed by atoms with E-state index >= 15 is 0 Å². The summed E-state index contributed by atoms with van der Waals surface area (Å²) in [6.45, 7) is 3.30. The van der Waals surface area contributed by atoms with E-state index in [1.165, 1.54) is 0 Å². The van der Waals surface area contributed by atoms with Crippen molar-refractivity contribution in [3.63, 3.8) is 0 Å². The number of unbranched alkanes of at least 4 members (excludes halogenated alkanes) is 1. The summed E-state index contributed by atoms with van der Waals surface area (Å²) < 4.78 is 21.2. The molecule has 0 bridgehead atoms. The summed E-state index contributed by atoms with van der Waals surface area (Å²) in [7, 11) is 0. The number of amides is 2. The molecule has 0 saturated carbocycles. The van der Waals surface area contributed by atoms with Crippen molar-refractivity contribution in [1.29, 1.82) is 0 Å². The van der Waals surface area contributed by atoms with Gasteiger partial charge in [0.05, 0.1) is 59.3 Å². The molecule has 0 aliphatic heterocycles. The monoisotopic (exact) mass is 530 g/mol. The molecule has 0 aromatic carbocycles. The molecule has 2 amide bonds. The molecule has 0 aromatic heterocycles. The standard InChI is InChI=1S/C21H38N8O8/c22-28-25-7-2-1-4-18(27-19(30)5-3-8-26-29-23)21(33)24-9-11-35-13-15-37-17-16-36-14-12-34-10-6-20(31)32/h18H,1-17H2,(H,24,33)(H,27,30)(H,31,32). The Hall–Kier alpha value is -3.13. The van der Waals surface area contributed by atoms with Gasteiger partial charge in [-0.25, -0.2) is 0 Å². The normalized spacial score (nSPS) is 11.1. The summed E-state index contributed by atoms with van der Waals surface area (Å²) in [5.74, 6) is -1.55. The summed E-state index contributed by atoms with van der Waals surface area (Å²) in [6.07, 6.45) is 2.05. The fraction of sp³-hybridized carbons (Fsp3) is 0.857. The molecule has 0 radical (unpaired) electrons. The minimum atomic E-state index is -0.904. The number of aliphatic carboxylic acids is 1. The fourth-order valence-corrected chi connectivity index (χ4v) is 2.76. The lowest BCUT2D eigenvalue weighted by atomic mass is 10.1. The second-order valence-corrected chi connectivity index (χ2v) is 7.51. The van der Waals surface area contributed by atoms with Crippen LogP contribution < -0.4 is 10.6 Å². The van der Waals surface area contributed by atoms with E-state index in [0.717, 1.165) is 0 Å². The van der Waals surface area contributed by atoms with E-state index in [0.29, 0.717) is 71.9 Å². The number of azide groups is 2. The van der Waals surface area contributed by atoms with Gasteiger partial charge in [0.2, 0.25) is 11.8 Å². The molecule has 0 aliphatic rings. The fourth-order valence-electron chi connectivity index (χ4n) is 2.76. The van der Waals surface area contributed by atoms with Crippen LogP contribution in [0, 0.1) is 0 Å². The highest BCUT2D eigenvalue weighted by molar-refractivity contribution is 5.87. The molecule has 0 saturated heterocycles. The maximum atomic E-state index is 12.5. The Morgan fingerprint density at radius 2 is 1.30 bits per heavy atom. The molecule has 16 heteroatoms. The van der Waals surface area contributed by atoms with Crippen LogP contribution in [0.3, 0.4) is 0 Å². The molecule has 0 aromatic rings. The Balaban J connectivity index is 3.95. The molecular formula is C21H38N8O8. The zero-order valence-electron chi connectivity index (χ0n) is 21.1. The van der Waals surface area contributed by atoms with Crippen LogP contribution in [0.4, 0.5) is 0 Å². The van der Waals surface area contributed by atoms with Crippen molar-refractivity contribution >= 4 is 17.8 Å². The predicted molar refractivity (Wildman–Crippen MR) is 132 cm³/mol. The number of ether oxygens (including phenoxy) is 4. The third kappa shape index (κ3) is 24.3. The van der Waals surface area contributed by atoms with Crippen LogP contribution in [0.1, 0.15) is 38.5 Å². The van der Waals surface area contributed by atoms with Gasteiger partial charge in [0.15, 0.2) is 0 Å². The van der Waals surface area contributed by atoms with Gasteiger partial charge in [-0.1, -0.05) is 16.6 Å². The van der Waals surface area contributed by atoms with Crippen LogP contribution in [0.25, 0.3) is 20.9 Å². The summed E-state index contributed by atoms with van der Waals surface area (Å²) in [5, 5.41) is 20.7. The van der Waals surface area contributed by atoms with E-state index < -0.39 is 12.0 Å². The smallest absolute Gasteiger partial charge is 0.305 e. The van der Waals surface area contributed by atoms with E-state index in [9.17, 15) is 14.4 Å². The van der Waals surface area contributed by atoms with Crippen LogP contribution in [0.15, 0.2) is 10.2 Å². The highest BCUT2D eigenvalue weighted by atomic mass is 16.6. The number of nitrogens with zero attached hydrogens (tertiary/aromatic N) is 6. The molecular weight excluding hydrogens is 492 g/mol. The molecule has 1 atom stereocenters. The van der Waals surface area contributed by atoms with Crippen molar-refractivity contribution in [3.8, 4) is 0 Å². The molecule has 0 spiro atoms. The number of carboxylic acid groups (broad SMARTS) is 1. The topological polar surface area (TPSA) is 230 Å². The second kappa shape index (κ2) is 25.9. The van der Waals surface area contributed by atoms with Crippen molar-refractivity contribution in [2.24, 2.45) is 10.2 Å². The summed E-state index contributed by atoms with van der Waals surface area (Å²) in [6, 6.07) is -0.732. The van der Waals surface area contributed by atoms with E-state index in [1.54, 1.807) is 0 Å². The second-order valence-electron chi connectivity index (χ2n) is 7.51. The van der Waals surface area contributed by atoms with Crippen molar-refractivity contribution in [2.75, 3.05) is 72.5 Å². The van der Waals surface area contributed by atoms with E-state index in [1.807, 2.05) is 0 Å². The van der Waals surface area contributed by atoms with Gasteiger partial charge < -0.3 is 34.7 Å². The van der Waals surface area contributed by atoms with Crippen LogP contribution >= 0.6 is 0 Å². The number of nitrogens with one attached hydrogen (secondary N) is 2. The molecule has 37 heavy (non-hydrogen) atoms. The van der Waals surface area contributed by atoms with Crippen LogP contribution in [0.5, 0.6) is 0 Å². The SMILES string of the molecule is [N-]=[N+]=NCCCCC(NC(=O)CCCN=[N+]=[N-])C(=O)NCCOCCOCCOCCOCCC(=O)O. The van der Waals surface area contributed by atoms with Crippen LogP contribution in [-0.4, -0.2) is 101 Å². The van der Waals surface area contributed by atoms with Gasteiger partial charge >= 0.3 is 5.97 Å². The zero-order chi connectivity index (χ0) is 27.4. The van der Waals surface area contributed by atoms with Crippen molar-refractivity contribution in [1.82, 2.24) is 10.6 Å². The Morgan fingerprint density at radius 3 is 1.86 bits per heavy atom. The lowest BCUT2D eigenvalue weighted by molar-refractivity contribution is -0.138. The van der Waals surface area contributed by atoms with Gasteiger partial charge in [-0.05, 0) is 30.3 Å². The number of hydrogen-bond donors (Lipinski definition) is 3. The molecule has 3 N–H and O–H groups in total. The van der Waals surface area contributed by atoms with Gasteiger partial charge in [0.25, 0.3) is 0 Å². The molecule has 0 fully saturated rings. The van der Waals surface area contributed by atoms with Gasteiger partial charge in [-0.2, -0.15) is 0 Å². The molecule has 16 nitrogen and oxygen atoms in total. The van der Waals surface area contributed by atoms with Gasteiger partial charge in [0.1, 0.15) is 6.04 Å². The first-order chi connectivity index (χ1) is 18.0. The minimum absolute atomic E-state index is 0.0364. The Morgan fingerprint density at radius 1 is 0.757 bits per heavy atom. The largest absolute Gasteiger partial charge is 0.481 e. The maximum absolute atomic E-state index is 12.5. The maximum Gasteiger partial charge on any atom is 0.305 e. The van der Waals surface area contributed by atoms with E-state index in [4.69, 9.17) is 35.1 Å². The van der Waals surface area contributed by atoms with Gasteiger partial charge in [-0.3, -0.25) is 14.4 Å². The number of rotatable bonds is 26. The minimum Gasteiger partial charge on any atom is -0.481 e. The van der Waals surface area contributed by atoms with Gasteiger partial charge in [-0.15, -0.1) is 0 Å². The lowest BCUT2D eigenvalue weighted by Gasteiger charge is -2.18. The average Bonchev–Trinajstić information content (AvgIpc) is 2.87. The van der Waals surface area contributed by atoms with Crippen molar-refractivity contribution < 1.29 is 38.4 Å². The highest BCUT2D eigenvalue weighted by Gasteiger charge is 2.19. The van der Waals surface area contributed by atoms with Crippen LogP contribution in [0.2, 0.25) is 0 Å². The van der Waals surface area contributed by atoms with Crippen molar-refractivity contribution in [3.05, 3.63) is 20.9 Å². The number of carbonyl (C=O) groups is 3. The Labute approximate surface area is 215 Å². The first-order valence-electron chi connectivity index (χ1n) is 12.1. The first kappa shape index (κ1) is 33.9. The highest BCUT2D eigenvalue weighted by Crippen LogP contribution is 2.04. The van der Waals surface area contributed by atoms with Crippen LogP contribution in [-0.2, 0) is 33.3 Å². The van der Waals surface area contributed by atoms with E-state index in [-0.39, 0.29) is 51.0 Å². The number of hydrogen-bond acceptors (Lipinski definition) is 9. The number of carboxylic acids is 1. The molecule has 0 heterocycles. The molecule has 0 rings (SSSR count). The first-order valence-corrected chi connectivity index (χ1v) is 12.1. The quantitative estimate of drug-likeness (QED) is 0.0643. The molecule has 0 aliphatic carbocycles. The number of carbonyl (C=O) groups excluding carboxylic acids is 2. The third-order valence-corrected chi connectivity index (χ3v) is 4.56. The van der Waals surface area contributed by atoms with Crippen molar-refractivity contribution in [2.45, 2.75) is 44.6 Å². The zero-order valence-corrected chi connectivity index (χ0v) is 21.1. The molecule has 1 unspecified atom stereocenters.